The van der Waals surface area contributed by atoms with Crippen LogP contribution in [0.2, 0.25) is 0 Å². The molecule has 0 atom stereocenters. The van der Waals surface area contributed by atoms with Crippen LogP contribution in [-0.4, -0.2) is 56.3 Å². The summed E-state index contributed by atoms with van der Waals surface area (Å²) in [7, 11) is 1.63. The van der Waals surface area contributed by atoms with Crippen LogP contribution in [0.15, 0.2) is 41.5 Å². The van der Waals surface area contributed by atoms with Gasteiger partial charge in [0, 0.05) is 20.1 Å². The second-order valence-electron chi connectivity index (χ2n) is 7.11. The van der Waals surface area contributed by atoms with Gasteiger partial charge < -0.3 is 14.8 Å². The first-order valence-corrected chi connectivity index (χ1v) is 9.65. The molecule has 0 aliphatic carbocycles. The second kappa shape index (κ2) is 7.93. The highest BCUT2D eigenvalue weighted by atomic mass is 16.2. The topological polar surface area (TPSA) is 85.1 Å². The number of fused-ring (bicyclic) bond motifs is 1. The second-order valence-corrected chi connectivity index (χ2v) is 7.11. The Balaban J connectivity index is 1.62. The summed E-state index contributed by atoms with van der Waals surface area (Å²) in [6, 6.07) is 9.30. The van der Waals surface area contributed by atoms with Gasteiger partial charge in [-0.1, -0.05) is 24.6 Å². The van der Waals surface area contributed by atoms with E-state index in [-0.39, 0.29) is 17.2 Å². The van der Waals surface area contributed by atoms with E-state index in [2.05, 4.69) is 20.3 Å². The van der Waals surface area contributed by atoms with Crippen LogP contribution in [-0.2, 0) is 7.05 Å². The van der Waals surface area contributed by atoms with E-state index in [0.717, 1.165) is 19.6 Å². The van der Waals surface area contributed by atoms with E-state index in [4.69, 9.17) is 0 Å². The maximum absolute atomic E-state index is 12.8. The van der Waals surface area contributed by atoms with Gasteiger partial charge in [0.2, 0.25) is 0 Å². The van der Waals surface area contributed by atoms with E-state index in [1.807, 2.05) is 30.3 Å². The summed E-state index contributed by atoms with van der Waals surface area (Å²) in [4.78, 5) is 32.2. The lowest BCUT2D eigenvalue weighted by Gasteiger charge is -2.26. The van der Waals surface area contributed by atoms with Crippen molar-refractivity contribution in [3.63, 3.8) is 0 Å². The Morgan fingerprint density at radius 3 is 2.64 bits per heavy atom. The van der Waals surface area contributed by atoms with Crippen molar-refractivity contribution in [1.82, 2.24) is 29.5 Å². The van der Waals surface area contributed by atoms with Gasteiger partial charge in [-0.05, 0) is 38.1 Å². The van der Waals surface area contributed by atoms with E-state index in [9.17, 15) is 9.59 Å². The summed E-state index contributed by atoms with van der Waals surface area (Å²) in [5, 5.41) is 7.37. The molecule has 146 valence electrons. The van der Waals surface area contributed by atoms with Gasteiger partial charge in [-0.2, -0.15) is 5.10 Å². The first kappa shape index (κ1) is 18.4. The Bertz CT molecular complexity index is 1030. The summed E-state index contributed by atoms with van der Waals surface area (Å²) < 4.78 is 2.89. The van der Waals surface area contributed by atoms with Crippen LogP contribution in [0.5, 0.6) is 0 Å². The van der Waals surface area contributed by atoms with Crippen LogP contribution < -0.4 is 10.9 Å². The number of para-hydroxylation sites is 1. The fraction of sp³-hybridized carbons (Fsp3) is 0.400. The van der Waals surface area contributed by atoms with Gasteiger partial charge in [-0.25, -0.2) is 9.67 Å². The third kappa shape index (κ3) is 3.55. The summed E-state index contributed by atoms with van der Waals surface area (Å²) >= 11 is 0. The van der Waals surface area contributed by atoms with E-state index >= 15 is 0 Å². The molecular weight excluding hydrogens is 356 g/mol. The van der Waals surface area contributed by atoms with Crippen LogP contribution in [0.25, 0.3) is 16.7 Å². The average molecular weight is 380 g/mol. The van der Waals surface area contributed by atoms with Gasteiger partial charge in [0.1, 0.15) is 5.52 Å². The van der Waals surface area contributed by atoms with Crippen molar-refractivity contribution in [2.75, 3.05) is 26.2 Å². The smallest absolute Gasteiger partial charge is 0.279 e. The van der Waals surface area contributed by atoms with Gasteiger partial charge in [0.15, 0.2) is 11.2 Å². The third-order valence-electron chi connectivity index (χ3n) is 5.12. The van der Waals surface area contributed by atoms with E-state index in [0.29, 0.717) is 23.3 Å². The van der Waals surface area contributed by atoms with Gasteiger partial charge in [-0.15, -0.1) is 0 Å². The van der Waals surface area contributed by atoms with Crippen molar-refractivity contribution in [3.8, 4) is 5.69 Å². The first-order valence-electron chi connectivity index (χ1n) is 9.65. The SMILES string of the molecule is Cn1cnc2c(C(=O)NCCN3CCCCC3)nn(-c3ccccc3)c2c1=O. The standard InChI is InChI=1S/C20H24N6O2/c1-24-14-22-16-17(19(27)21-10-13-25-11-6-3-7-12-25)23-26(18(16)20(24)28)15-8-4-2-5-9-15/h2,4-5,8-9,14H,3,6-7,10-13H2,1H3,(H,21,27). The number of piperidine rings is 1. The molecule has 0 radical (unpaired) electrons. The number of hydrogen-bond donors (Lipinski definition) is 1. The predicted molar refractivity (Wildman–Crippen MR) is 107 cm³/mol. The Kier molecular flexibility index (Phi) is 5.21. The number of nitrogens with zero attached hydrogens (tertiary/aromatic N) is 5. The number of carbonyl (C=O) groups is 1. The van der Waals surface area contributed by atoms with Crippen LogP contribution >= 0.6 is 0 Å². The maximum atomic E-state index is 12.8. The number of rotatable bonds is 5. The summed E-state index contributed by atoms with van der Waals surface area (Å²) in [6.07, 6.45) is 5.14. The maximum Gasteiger partial charge on any atom is 0.279 e. The van der Waals surface area contributed by atoms with Crippen LogP contribution in [0.1, 0.15) is 29.8 Å². The summed E-state index contributed by atoms with van der Waals surface area (Å²) in [5.74, 6) is -0.308. The highest BCUT2D eigenvalue weighted by Gasteiger charge is 2.22. The number of nitrogens with one attached hydrogen (secondary N) is 1. The minimum Gasteiger partial charge on any atom is -0.349 e. The molecule has 1 N–H and O–H groups in total. The molecule has 1 aromatic carbocycles. The molecule has 1 aliphatic heterocycles. The molecule has 0 saturated carbocycles. The largest absolute Gasteiger partial charge is 0.349 e. The van der Waals surface area contributed by atoms with E-state index < -0.39 is 0 Å². The molecule has 1 aliphatic rings. The molecule has 8 nitrogen and oxygen atoms in total. The van der Waals surface area contributed by atoms with Gasteiger partial charge in [0.05, 0.1) is 12.0 Å². The van der Waals surface area contributed by atoms with E-state index in [1.165, 1.54) is 34.8 Å². The summed E-state index contributed by atoms with van der Waals surface area (Å²) in [6.45, 7) is 3.53. The molecule has 2 aromatic heterocycles. The molecule has 1 saturated heterocycles. The molecule has 1 fully saturated rings. The number of aryl methyl sites for hydroxylation is 1. The van der Waals surface area contributed by atoms with Gasteiger partial charge >= 0.3 is 0 Å². The van der Waals surface area contributed by atoms with Gasteiger partial charge in [0.25, 0.3) is 11.5 Å². The molecular formula is C20H24N6O2. The number of carbonyl (C=O) groups excluding carboxylic acids is 1. The Morgan fingerprint density at radius 1 is 1.14 bits per heavy atom. The molecule has 8 heteroatoms. The lowest BCUT2D eigenvalue weighted by Crippen LogP contribution is -2.37. The number of amides is 1. The Hall–Kier alpha value is -3.00. The zero-order valence-electron chi connectivity index (χ0n) is 16.0. The van der Waals surface area contributed by atoms with Crippen LogP contribution in [0.3, 0.4) is 0 Å². The third-order valence-corrected chi connectivity index (χ3v) is 5.12. The van der Waals surface area contributed by atoms with Crippen molar-refractivity contribution in [2.45, 2.75) is 19.3 Å². The quantitative estimate of drug-likeness (QED) is 0.722. The molecule has 0 bridgehead atoms. The molecule has 4 rings (SSSR count). The van der Waals surface area contributed by atoms with Crippen molar-refractivity contribution in [1.29, 1.82) is 0 Å². The number of benzene rings is 1. The number of hydrogen-bond acceptors (Lipinski definition) is 5. The van der Waals surface area contributed by atoms with Gasteiger partial charge in [-0.3, -0.25) is 9.59 Å². The molecule has 3 aromatic rings. The number of aromatic nitrogens is 4. The fourth-order valence-electron chi connectivity index (χ4n) is 3.59. The zero-order valence-corrected chi connectivity index (χ0v) is 16.0. The van der Waals surface area contributed by atoms with E-state index in [1.54, 1.807) is 7.05 Å². The Morgan fingerprint density at radius 2 is 1.89 bits per heavy atom. The summed E-state index contributed by atoms with van der Waals surface area (Å²) in [5.41, 5.74) is 1.27. The monoisotopic (exact) mass is 380 g/mol. The van der Waals surface area contributed by atoms with Crippen molar-refractivity contribution < 1.29 is 4.79 Å². The predicted octanol–water partition coefficient (Wildman–Crippen LogP) is 1.33. The number of likely N-dealkylation sites (tertiary alicyclic amines) is 1. The van der Waals surface area contributed by atoms with Crippen LogP contribution in [0.4, 0.5) is 0 Å². The Labute approximate surface area is 162 Å². The molecule has 1 amide bonds. The highest BCUT2D eigenvalue weighted by molar-refractivity contribution is 6.03. The molecule has 3 heterocycles. The molecule has 0 unspecified atom stereocenters. The molecule has 28 heavy (non-hydrogen) atoms. The lowest BCUT2D eigenvalue weighted by molar-refractivity contribution is 0.0942. The fourth-order valence-corrected chi connectivity index (χ4v) is 3.59. The molecule has 0 spiro atoms. The minimum atomic E-state index is -0.308. The highest BCUT2D eigenvalue weighted by Crippen LogP contribution is 2.17. The normalized spacial score (nSPS) is 15.0. The average Bonchev–Trinajstić information content (AvgIpc) is 3.12. The van der Waals surface area contributed by atoms with Crippen molar-refractivity contribution >= 4 is 16.9 Å². The zero-order chi connectivity index (χ0) is 19.5. The van der Waals surface area contributed by atoms with Crippen molar-refractivity contribution in [3.05, 3.63) is 52.7 Å². The van der Waals surface area contributed by atoms with Crippen LogP contribution in [0, 0.1) is 0 Å². The first-order chi connectivity index (χ1) is 13.6. The minimum absolute atomic E-state index is 0.176. The lowest BCUT2D eigenvalue weighted by atomic mass is 10.1. The van der Waals surface area contributed by atoms with Crippen molar-refractivity contribution in [2.24, 2.45) is 7.05 Å².